The summed E-state index contributed by atoms with van der Waals surface area (Å²) in [6.45, 7) is 6.98. The molecule has 3 aromatic rings. The van der Waals surface area contributed by atoms with Gasteiger partial charge in [-0.3, -0.25) is 9.78 Å². The normalized spacial score (nSPS) is 14.5. The molecule has 0 radical (unpaired) electrons. The Balaban J connectivity index is 1.75. The molecule has 30 heavy (non-hydrogen) atoms. The number of rotatable bonds is 6. The molecule has 1 saturated heterocycles. The van der Waals surface area contributed by atoms with Crippen molar-refractivity contribution in [1.29, 1.82) is 0 Å². The van der Waals surface area contributed by atoms with E-state index in [1.54, 1.807) is 4.90 Å². The second-order valence-corrected chi connectivity index (χ2v) is 12.7. The van der Waals surface area contributed by atoms with Crippen molar-refractivity contribution in [3.05, 3.63) is 84.2 Å². The average Bonchev–Trinajstić information content (AvgIpc) is 2.75. The smallest absolute Gasteiger partial charge is 0.258 e. The lowest BCUT2D eigenvalue weighted by Crippen LogP contribution is -2.65. The number of hydrogen-bond acceptors (Lipinski definition) is 3. The van der Waals surface area contributed by atoms with Crippen LogP contribution in [0.1, 0.15) is 31.5 Å². The van der Waals surface area contributed by atoms with Gasteiger partial charge in [0.15, 0.2) is 0 Å². The third-order valence-corrected chi connectivity index (χ3v) is 10.7. The predicted molar refractivity (Wildman–Crippen MR) is 124 cm³/mol. The SMILES string of the molecule is Cc1ncc(CC(C)(C)[Si](O)(c2ccccc2)c2ccccc2)cc1N1CCC1=O. The molecule has 4 nitrogen and oxygen atoms in total. The Morgan fingerprint density at radius 2 is 1.60 bits per heavy atom. The summed E-state index contributed by atoms with van der Waals surface area (Å²) >= 11 is 0. The van der Waals surface area contributed by atoms with Gasteiger partial charge in [-0.05, 0) is 40.4 Å². The van der Waals surface area contributed by atoms with Gasteiger partial charge < -0.3 is 9.70 Å². The standard InChI is InChI=1S/C25H28N2O2Si/c1-19-23(27-15-14-24(27)28)16-20(18-26-19)17-25(2,3)30(29,21-10-6-4-7-11-21)22-12-8-5-9-13-22/h4-13,16,18,29H,14-15,17H2,1-3H3. The summed E-state index contributed by atoms with van der Waals surface area (Å²) in [4.78, 5) is 30.7. The number of amides is 1. The van der Waals surface area contributed by atoms with E-state index in [-0.39, 0.29) is 5.91 Å². The van der Waals surface area contributed by atoms with Crippen molar-refractivity contribution in [2.45, 2.75) is 38.7 Å². The highest BCUT2D eigenvalue weighted by molar-refractivity contribution is 6.98. The Kier molecular flexibility index (Phi) is 5.34. The zero-order valence-corrected chi connectivity index (χ0v) is 18.8. The van der Waals surface area contributed by atoms with Crippen molar-refractivity contribution >= 4 is 30.3 Å². The van der Waals surface area contributed by atoms with E-state index < -0.39 is 13.4 Å². The molecule has 0 unspecified atom stereocenters. The maximum Gasteiger partial charge on any atom is 0.258 e. The monoisotopic (exact) mass is 416 g/mol. The van der Waals surface area contributed by atoms with Crippen LogP contribution < -0.4 is 15.3 Å². The van der Waals surface area contributed by atoms with E-state index in [0.29, 0.717) is 12.8 Å². The van der Waals surface area contributed by atoms with E-state index in [0.717, 1.165) is 33.9 Å². The van der Waals surface area contributed by atoms with Gasteiger partial charge in [-0.2, -0.15) is 0 Å². The largest absolute Gasteiger partial charge is 0.424 e. The van der Waals surface area contributed by atoms with E-state index in [1.807, 2.05) is 73.8 Å². The van der Waals surface area contributed by atoms with E-state index in [2.05, 4.69) is 24.9 Å². The van der Waals surface area contributed by atoms with Crippen LogP contribution >= 0.6 is 0 Å². The van der Waals surface area contributed by atoms with Crippen LogP contribution in [-0.2, 0) is 11.2 Å². The summed E-state index contributed by atoms with van der Waals surface area (Å²) in [5.74, 6) is 0.149. The number of anilines is 1. The fourth-order valence-corrected chi connectivity index (χ4v) is 8.15. The number of aryl methyl sites for hydroxylation is 1. The molecule has 154 valence electrons. The van der Waals surface area contributed by atoms with Gasteiger partial charge in [0.25, 0.3) is 8.32 Å². The molecule has 0 atom stereocenters. The maximum atomic E-state index is 12.3. The summed E-state index contributed by atoms with van der Waals surface area (Å²) in [7, 11) is -3.09. The lowest BCUT2D eigenvalue weighted by molar-refractivity contribution is -0.122. The number of carbonyl (C=O) groups is 1. The lowest BCUT2D eigenvalue weighted by Gasteiger charge is -2.41. The third-order valence-electron chi connectivity index (χ3n) is 6.27. The Morgan fingerprint density at radius 3 is 2.07 bits per heavy atom. The van der Waals surface area contributed by atoms with Crippen LogP contribution in [0.15, 0.2) is 72.9 Å². The van der Waals surface area contributed by atoms with Crippen LogP contribution in [0, 0.1) is 6.92 Å². The van der Waals surface area contributed by atoms with Crippen LogP contribution in [0.3, 0.4) is 0 Å². The minimum atomic E-state index is -3.09. The molecule has 0 bridgehead atoms. The molecule has 0 spiro atoms. The van der Waals surface area contributed by atoms with Crippen molar-refractivity contribution in [2.75, 3.05) is 11.4 Å². The lowest BCUT2D eigenvalue weighted by atomic mass is 10.0. The van der Waals surface area contributed by atoms with Gasteiger partial charge in [-0.15, -0.1) is 0 Å². The van der Waals surface area contributed by atoms with Gasteiger partial charge in [0.2, 0.25) is 5.91 Å². The van der Waals surface area contributed by atoms with Gasteiger partial charge in [-0.25, -0.2) is 0 Å². The number of nitrogens with zero attached hydrogens (tertiary/aromatic N) is 2. The molecular formula is C25H28N2O2Si. The molecule has 0 aliphatic carbocycles. The second kappa shape index (κ2) is 7.82. The highest BCUT2D eigenvalue weighted by Crippen LogP contribution is 2.39. The number of β-lactam (4-membered cyclic amide) rings is 1. The Hall–Kier alpha value is -2.76. The molecule has 1 amide bonds. The number of carbonyl (C=O) groups excluding carboxylic acids is 1. The summed E-state index contributed by atoms with van der Waals surface area (Å²) in [5, 5.41) is 1.60. The number of hydrogen-bond donors (Lipinski definition) is 1. The van der Waals surface area contributed by atoms with Crippen LogP contribution in [-0.4, -0.2) is 30.5 Å². The molecule has 2 heterocycles. The zero-order chi connectivity index (χ0) is 21.4. The maximum absolute atomic E-state index is 12.3. The first-order valence-electron chi connectivity index (χ1n) is 10.4. The van der Waals surface area contributed by atoms with Gasteiger partial charge in [0.05, 0.1) is 11.4 Å². The third kappa shape index (κ3) is 3.48. The second-order valence-electron chi connectivity index (χ2n) is 8.75. The van der Waals surface area contributed by atoms with Crippen molar-refractivity contribution in [2.24, 2.45) is 0 Å². The number of pyridine rings is 1. The predicted octanol–water partition coefficient (Wildman–Crippen LogP) is 3.20. The highest BCUT2D eigenvalue weighted by Gasteiger charge is 2.50. The van der Waals surface area contributed by atoms with Crippen LogP contribution in [0.25, 0.3) is 0 Å². The number of benzene rings is 2. The summed E-state index contributed by atoms with van der Waals surface area (Å²) in [6.07, 6.45) is 3.15. The molecule has 1 aliphatic rings. The van der Waals surface area contributed by atoms with Crippen molar-refractivity contribution in [3.8, 4) is 0 Å². The molecule has 5 heteroatoms. The average molecular weight is 417 g/mol. The molecule has 4 rings (SSSR count). The van der Waals surface area contributed by atoms with Gasteiger partial charge in [-0.1, -0.05) is 74.5 Å². The first-order chi connectivity index (χ1) is 14.3. The van der Waals surface area contributed by atoms with E-state index >= 15 is 0 Å². The molecule has 1 aliphatic heterocycles. The van der Waals surface area contributed by atoms with Crippen molar-refractivity contribution in [1.82, 2.24) is 4.98 Å². The fourth-order valence-electron chi connectivity index (χ4n) is 4.45. The molecular weight excluding hydrogens is 388 g/mol. The quantitative estimate of drug-likeness (QED) is 0.496. The van der Waals surface area contributed by atoms with Crippen LogP contribution in [0.5, 0.6) is 0 Å². The Labute approximate surface area is 179 Å². The highest BCUT2D eigenvalue weighted by atomic mass is 28.4. The Bertz CT molecular complexity index is 1010. The van der Waals surface area contributed by atoms with E-state index in [1.165, 1.54) is 0 Å². The summed E-state index contributed by atoms with van der Waals surface area (Å²) < 4.78 is 0. The summed E-state index contributed by atoms with van der Waals surface area (Å²) in [5.41, 5.74) is 2.80. The zero-order valence-electron chi connectivity index (χ0n) is 17.8. The van der Waals surface area contributed by atoms with Crippen LogP contribution in [0.4, 0.5) is 5.69 Å². The van der Waals surface area contributed by atoms with Gasteiger partial charge in [0.1, 0.15) is 0 Å². The molecule has 2 aromatic carbocycles. The van der Waals surface area contributed by atoms with Crippen molar-refractivity contribution in [3.63, 3.8) is 0 Å². The minimum Gasteiger partial charge on any atom is -0.424 e. The Morgan fingerprint density at radius 1 is 1.03 bits per heavy atom. The van der Waals surface area contributed by atoms with E-state index in [4.69, 9.17) is 0 Å². The minimum absolute atomic E-state index is 0.149. The van der Waals surface area contributed by atoms with Crippen LogP contribution in [0.2, 0.25) is 5.04 Å². The van der Waals surface area contributed by atoms with E-state index in [9.17, 15) is 9.59 Å². The molecule has 1 N–H and O–H groups in total. The van der Waals surface area contributed by atoms with Crippen molar-refractivity contribution < 1.29 is 9.59 Å². The molecule has 1 aromatic heterocycles. The fraction of sp³-hybridized carbons (Fsp3) is 0.280. The molecule has 1 fully saturated rings. The first kappa shape index (κ1) is 20.5. The van der Waals surface area contributed by atoms with Gasteiger partial charge >= 0.3 is 0 Å². The summed E-state index contributed by atoms with van der Waals surface area (Å²) in [6, 6.07) is 22.2. The molecule has 0 saturated carbocycles. The van der Waals surface area contributed by atoms with Gasteiger partial charge in [0, 0.05) is 19.2 Å². The first-order valence-corrected chi connectivity index (χ1v) is 12.4. The topological polar surface area (TPSA) is 53.4 Å². The number of aromatic nitrogens is 1.